The number of anilines is 1. The summed E-state index contributed by atoms with van der Waals surface area (Å²) in [6, 6.07) is 3.70. The fraction of sp³-hybridized carbons (Fsp3) is 0.222. The molecule has 0 amide bonds. The molecule has 0 fully saturated rings. The molecule has 0 radical (unpaired) electrons. The maximum atomic E-state index is 5.57. The molecule has 0 bridgehead atoms. The third-order valence-corrected chi connectivity index (χ3v) is 2.10. The smallest absolute Gasteiger partial charge is 0.123 e. The summed E-state index contributed by atoms with van der Waals surface area (Å²) in [5.74, 6) is 0.529. The van der Waals surface area contributed by atoms with Crippen LogP contribution in [0.2, 0.25) is 0 Å². The lowest BCUT2D eigenvalue weighted by molar-refractivity contribution is 0.720. The van der Waals surface area contributed by atoms with Crippen LogP contribution in [-0.2, 0) is 7.05 Å². The number of nitrogens with zero attached hydrogens (tertiary/aromatic N) is 4. The summed E-state index contributed by atoms with van der Waals surface area (Å²) in [6.07, 6.45) is 1.71. The highest BCUT2D eigenvalue weighted by Gasteiger charge is 2.07. The first kappa shape index (κ1) is 8.68. The lowest BCUT2D eigenvalue weighted by Gasteiger charge is -2.04. The molecule has 14 heavy (non-hydrogen) atoms. The third kappa shape index (κ3) is 1.32. The zero-order chi connectivity index (χ0) is 10.1. The summed E-state index contributed by atoms with van der Waals surface area (Å²) < 4.78 is 1.71. The van der Waals surface area contributed by atoms with Gasteiger partial charge in [-0.3, -0.25) is 0 Å². The number of aromatic nitrogens is 4. The summed E-state index contributed by atoms with van der Waals surface area (Å²) >= 11 is 0. The monoisotopic (exact) mass is 189 g/mol. The van der Waals surface area contributed by atoms with Gasteiger partial charge in [0.1, 0.15) is 5.82 Å². The average Bonchev–Trinajstić information content (AvgIpc) is 2.52. The molecule has 2 N–H and O–H groups in total. The van der Waals surface area contributed by atoms with Gasteiger partial charge in [0.2, 0.25) is 0 Å². The van der Waals surface area contributed by atoms with E-state index in [1.807, 2.05) is 20.0 Å². The second-order valence-corrected chi connectivity index (χ2v) is 3.11. The van der Waals surface area contributed by atoms with Crippen LogP contribution in [0.4, 0.5) is 5.82 Å². The molecule has 5 nitrogen and oxygen atoms in total. The topological polar surface area (TPSA) is 69.6 Å². The van der Waals surface area contributed by atoms with Crippen LogP contribution in [0.25, 0.3) is 11.3 Å². The normalized spacial score (nSPS) is 10.4. The molecule has 5 heteroatoms. The van der Waals surface area contributed by atoms with Crippen molar-refractivity contribution in [2.75, 3.05) is 5.73 Å². The Morgan fingerprint density at radius 3 is 2.71 bits per heavy atom. The molecular weight excluding hydrogens is 178 g/mol. The number of pyridine rings is 1. The first-order valence-electron chi connectivity index (χ1n) is 4.26. The van der Waals surface area contributed by atoms with E-state index >= 15 is 0 Å². The highest BCUT2D eigenvalue weighted by Crippen LogP contribution is 2.20. The second kappa shape index (κ2) is 3.10. The Morgan fingerprint density at radius 2 is 2.14 bits per heavy atom. The Bertz CT molecular complexity index is 460. The number of nitrogens with two attached hydrogens (primary N) is 1. The van der Waals surface area contributed by atoms with Gasteiger partial charge in [-0.15, -0.1) is 5.10 Å². The van der Waals surface area contributed by atoms with Crippen LogP contribution in [0.15, 0.2) is 18.3 Å². The standard InChI is InChI=1S/C9H11N5/c1-6-7(3-4-9(10)12-6)8-5-11-13-14(8)2/h3-5H,1-2H3,(H2,10,12). The fourth-order valence-corrected chi connectivity index (χ4v) is 1.38. The predicted molar refractivity (Wildman–Crippen MR) is 53.4 cm³/mol. The molecule has 2 rings (SSSR count). The van der Waals surface area contributed by atoms with Gasteiger partial charge in [0.25, 0.3) is 0 Å². The number of hydrogen-bond acceptors (Lipinski definition) is 4. The van der Waals surface area contributed by atoms with E-state index in [1.54, 1.807) is 16.9 Å². The minimum Gasteiger partial charge on any atom is -0.384 e. The summed E-state index contributed by atoms with van der Waals surface area (Å²) in [5, 5.41) is 7.68. The zero-order valence-corrected chi connectivity index (χ0v) is 8.10. The van der Waals surface area contributed by atoms with Crippen molar-refractivity contribution in [3.05, 3.63) is 24.0 Å². The van der Waals surface area contributed by atoms with E-state index in [0.29, 0.717) is 5.82 Å². The van der Waals surface area contributed by atoms with Crippen molar-refractivity contribution < 1.29 is 0 Å². The van der Waals surface area contributed by atoms with E-state index in [2.05, 4.69) is 15.3 Å². The lowest BCUT2D eigenvalue weighted by Crippen LogP contribution is -1.98. The van der Waals surface area contributed by atoms with Crippen molar-refractivity contribution in [3.63, 3.8) is 0 Å². The van der Waals surface area contributed by atoms with Gasteiger partial charge < -0.3 is 5.73 Å². The molecule has 0 atom stereocenters. The van der Waals surface area contributed by atoms with Gasteiger partial charge in [0.05, 0.1) is 11.9 Å². The molecule has 0 aliphatic carbocycles. The summed E-state index contributed by atoms with van der Waals surface area (Å²) in [6.45, 7) is 1.92. The summed E-state index contributed by atoms with van der Waals surface area (Å²) in [4.78, 5) is 4.18. The molecule has 2 aromatic heterocycles. The van der Waals surface area contributed by atoms with Gasteiger partial charge >= 0.3 is 0 Å². The molecule has 0 aliphatic heterocycles. The SMILES string of the molecule is Cc1nc(N)ccc1-c1cnnn1C. The van der Waals surface area contributed by atoms with Crippen LogP contribution in [0, 0.1) is 6.92 Å². The number of hydrogen-bond donors (Lipinski definition) is 1. The molecule has 0 aliphatic rings. The summed E-state index contributed by atoms with van der Waals surface area (Å²) in [5.41, 5.74) is 8.40. The van der Waals surface area contributed by atoms with Crippen LogP contribution >= 0.6 is 0 Å². The Hall–Kier alpha value is -1.91. The molecular formula is C9H11N5. The van der Waals surface area contributed by atoms with Crippen LogP contribution in [0.1, 0.15) is 5.69 Å². The van der Waals surface area contributed by atoms with E-state index in [1.165, 1.54) is 0 Å². The minimum atomic E-state index is 0.529. The number of nitrogen functional groups attached to an aromatic ring is 1. The maximum Gasteiger partial charge on any atom is 0.123 e. The Labute approximate surface area is 81.6 Å². The van der Waals surface area contributed by atoms with Crippen molar-refractivity contribution in [2.24, 2.45) is 7.05 Å². The van der Waals surface area contributed by atoms with Crippen LogP contribution in [0.5, 0.6) is 0 Å². The first-order valence-corrected chi connectivity index (χ1v) is 4.26. The van der Waals surface area contributed by atoms with Gasteiger partial charge in [0, 0.05) is 18.3 Å². The molecule has 2 aromatic rings. The quantitative estimate of drug-likeness (QED) is 0.719. The van der Waals surface area contributed by atoms with Crippen molar-refractivity contribution >= 4 is 5.82 Å². The maximum absolute atomic E-state index is 5.57. The van der Waals surface area contributed by atoms with E-state index in [9.17, 15) is 0 Å². The molecule has 0 spiro atoms. The minimum absolute atomic E-state index is 0.529. The highest BCUT2D eigenvalue weighted by molar-refractivity contribution is 5.62. The van der Waals surface area contributed by atoms with Crippen LogP contribution in [0.3, 0.4) is 0 Å². The number of aryl methyl sites for hydroxylation is 2. The molecule has 0 saturated heterocycles. The average molecular weight is 189 g/mol. The Morgan fingerprint density at radius 1 is 1.36 bits per heavy atom. The van der Waals surface area contributed by atoms with Crippen LogP contribution in [-0.4, -0.2) is 20.0 Å². The van der Waals surface area contributed by atoms with Gasteiger partial charge in [0.15, 0.2) is 0 Å². The molecule has 0 unspecified atom stereocenters. The second-order valence-electron chi connectivity index (χ2n) is 3.11. The van der Waals surface area contributed by atoms with Crippen LogP contribution < -0.4 is 5.73 Å². The predicted octanol–water partition coefficient (Wildman–Crippen LogP) is 0.768. The van der Waals surface area contributed by atoms with Crippen molar-refractivity contribution in [3.8, 4) is 11.3 Å². The van der Waals surface area contributed by atoms with Gasteiger partial charge in [-0.2, -0.15) is 0 Å². The van der Waals surface area contributed by atoms with Gasteiger partial charge in [-0.25, -0.2) is 9.67 Å². The lowest BCUT2D eigenvalue weighted by atomic mass is 10.1. The van der Waals surface area contributed by atoms with Crippen molar-refractivity contribution in [2.45, 2.75) is 6.92 Å². The fourth-order valence-electron chi connectivity index (χ4n) is 1.38. The van der Waals surface area contributed by atoms with E-state index < -0.39 is 0 Å². The summed E-state index contributed by atoms with van der Waals surface area (Å²) in [7, 11) is 1.85. The Kier molecular flexibility index (Phi) is 1.92. The van der Waals surface area contributed by atoms with E-state index in [4.69, 9.17) is 5.73 Å². The van der Waals surface area contributed by atoms with E-state index in [0.717, 1.165) is 17.0 Å². The Balaban J connectivity index is 2.58. The molecule has 0 aromatic carbocycles. The largest absolute Gasteiger partial charge is 0.384 e. The number of rotatable bonds is 1. The highest BCUT2D eigenvalue weighted by atomic mass is 15.4. The molecule has 0 saturated carbocycles. The van der Waals surface area contributed by atoms with Crippen molar-refractivity contribution in [1.29, 1.82) is 0 Å². The van der Waals surface area contributed by atoms with Crippen molar-refractivity contribution in [1.82, 2.24) is 20.0 Å². The van der Waals surface area contributed by atoms with E-state index in [-0.39, 0.29) is 0 Å². The first-order chi connectivity index (χ1) is 6.68. The third-order valence-electron chi connectivity index (χ3n) is 2.10. The zero-order valence-electron chi connectivity index (χ0n) is 8.10. The molecule has 2 heterocycles. The van der Waals surface area contributed by atoms with Gasteiger partial charge in [-0.05, 0) is 19.1 Å². The van der Waals surface area contributed by atoms with Gasteiger partial charge in [-0.1, -0.05) is 5.21 Å². The molecule has 72 valence electrons.